The Balaban J connectivity index is 1.48. The van der Waals surface area contributed by atoms with E-state index in [1.807, 2.05) is 25.4 Å². The number of hydrogen-bond acceptors (Lipinski definition) is 2. The van der Waals surface area contributed by atoms with Crippen molar-refractivity contribution in [3.63, 3.8) is 0 Å². The van der Waals surface area contributed by atoms with Crippen molar-refractivity contribution in [2.75, 3.05) is 5.32 Å². The van der Waals surface area contributed by atoms with E-state index in [0.717, 1.165) is 12.0 Å². The van der Waals surface area contributed by atoms with Crippen LogP contribution in [0.5, 0.6) is 0 Å². The molecule has 1 aliphatic carbocycles. The van der Waals surface area contributed by atoms with Gasteiger partial charge in [-0.15, -0.1) is 0 Å². The number of anilines is 1. The normalized spacial score (nSPS) is 19.2. The summed E-state index contributed by atoms with van der Waals surface area (Å²) in [7, 11) is 1.86. The first-order valence-corrected chi connectivity index (χ1v) is 7.84. The molecule has 2 aromatic heterocycles. The number of hydrogen-bond donors (Lipinski definition) is 1. The predicted octanol–water partition coefficient (Wildman–Crippen LogP) is 3.09. The molecule has 1 N–H and O–H groups in total. The average Bonchev–Trinajstić information content (AvgIpc) is 2.96. The fraction of sp³-hybridized carbons (Fsp3) is 0.222. The number of nitrogens with one attached hydrogen (secondary N) is 1. The van der Waals surface area contributed by atoms with Gasteiger partial charge in [0.25, 0.3) is 0 Å². The van der Waals surface area contributed by atoms with Crippen molar-refractivity contribution in [2.45, 2.75) is 12.3 Å². The SMILES string of the molecule is Cn1cc([C@H]2C[C@H]2C(=O)Nc2ccc(F)c(-n3cccc3)c2)cn1. The van der Waals surface area contributed by atoms with Crippen LogP contribution in [-0.4, -0.2) is 20.3 Å². The second-order valence-corrected chi connectivity index (χ2v) is 6.14. The Morgan fingerprint density at radius 2 is 2.12 bits per heavy atom. The predicted molar refractivity (Wildman–Crippen MR) is 88.4 cm³/mol. The molecule has 0 unspecified atom stereocenters. The van der Waals surface area contributed by atoms with Crippen LogP contribution in [0.15, 0.2) is 55.1 Å². The average molecular weight is 324 g/mol. The quantitative estimate of drug-likeness (QED) is 0.802. The summed E-state index contributed by atoms with van der Waals surface area (Å²) >= 11 is 0. The van der Waals surface area contributed by atoms with Gasteiger partial charge in [-0.1, -0.05) is 0 Å². The van der Waals surface area contributed by atoms with Gasteiger partial charge in [-0.05, 0) is 48.2 Å². The lowest BCUT2D eigenvalue weighted by atomic mass is 10.2. The van der Waals surface area contributed by atoms with Crippen LogP contribution in [0, 0.1) is 11.7 Å². The lowest BCUT2D eigenvalue weighted by molar-refractivity contribution is -0.117. The van der Waals surface area contributed by atoms with Gasteiger partial charge in [0.1, 0.15) is 5.82 Å². The van der Waals surface area contributed by atoms with Crippen molar-refractivity contribution >= 4 is 11.6 Å². The first-order chi connectivity index (χ1) is 11.6. The highest BCUT2D eigenvalue weighted by molar-refractivity contribution is 5.95. The molecule has 0 spiro atoms. The Morgan fingerprint density at radius 3 is 2.83 bits per heavy atom. The molecule has 1 aromatic carbocycles. The van der Waals surface area contributed by atoms with Crippen molar-refractivity contribution in [3.05, 3.63) is 66.5 Å². The molecule has 2 atom stereocenters. The van der Waals surface area contributed by atoms with Gasteiger partial charge in [0, 0.05) is 37.2 Å². The minimum atomic E-state index is -0.330. The molecular weight excluding hydrogens is 307 g/mol. The second kappa shape index (κ2) is 5.63. The number of nitrogens with zero attached hydrogens (tertiary/aromatic N) is 3. The molecule has 1 fully saturated rings. The fourth-order valence-corrected chi connectivity index (χ4v) is 3.00. The van der Waals surface area contributed by atoms with E-state index in [9.17, 15) is 9.18 Å². The lowest BCUT2D eigenvalue weighted by Gasteiger charge is -2.09. The zero-order valence-corrected chi connectivity index (χ0v) is 13.2. The fourth-order valence-electron chi connectivity index (χ4n) is 3.00. The van der Waals surface area contributed by atoms with Gasteiger partial charge in [-0.3, -0.25) is 9.48 Å². The molecule has 122 valence electrons. The van der Waals surface area contributed by atoms with E-state index in [1.54, 1.807) is 40.0 Å². The van der Waals surface area contributed by atoms with Crippen LogP contribution in [0.4, 0.5) is 10.1 Å². The highest BCUT2D eigenvalue weighted by Crippen LogP contribution is 2.47. The monoisotopic (exact) mass is 324 g/mol. The molecule has 2 heterocycles. The summed E-state index contributed by atoms with van der Waals surface area (Å²) < 4.78 is 17.4. The topological polar surface area (TPSA) is 51.9 Å². The van der Waals surface area contributed by atoms with Crippen LogP contribution in [0.3, 0.4) is 0 Å². The smallest absolute Gasteiger partial charge is 0.228 e. The first kappa shape index (κ1) is 14.7. The molecule has 4 rings (SSSR count). The summed E-state index contributed by atoms with van der Waals surface area (Å²) in [5, 5.41) is 7.04. The Labute approximate surface area is 138 Å². The van der Waals surface area contributed by atoms with E-state index >= 15 is 0 Å². The summed E-state index contributed by atoms with van der Waals surface area (Å²) in [6, 6.07) is 8.26. The van der Waals surface area contributed by atoms with E-state index in [-0.39, 0.29) is 23.6 Å². The van der Waals surface area contributed by atoms with Gasteiger partial charge in [0.15, 0.2) is 0 Å². The third-order valence-corrected chi connectivity index (χ3v) is 4.38. The standard InChI is InChI=1S/C18H17FN4O/c1-22-11-12(10-20-22)14-9-15(14)18(24)21-13-4-5-16(19)17(8-13)23-6-2-3-7-23/h2-8,10-11,14-15H,9H2,1H3,(H,21,24)/t14-,15-/m1/s1. The molecule has 0 aliphatic heterocycles. The number of halogens is 1. The Bertz CT molecular complexity index is 884. The van der Waals surface area contributed by atoms with Crippen LogP contribution in [0.1, 0.15) is 17.9 Å². The van der Waals surface area contributed by atoms with Gasteiger partial charge < -0.3 is 9.88 Å². The summed E-state index contributed by atoms with van der Waals surface area (Å²) in [4.78, 5) is 12.4. The van der Waals surface area contributed by atoms with Crippen molar-refractivity contribution in [1.29, 1.82) is 0 Å². The van der Waals surface area contributed by atoms with Crippen LogP contribution in [0.25, 0.3) is 5.69 Å². The van der Waals surface area contributed by atoms with Crippen LogP contribution >= 0.6 is 0 Å². The number of rotatable bonds is 4. The molecule has 6 heteroatoms. The molecule has 3 aromatic rings. The Hall–Kier alpha value is -2.89. The summed E-state index contributed by atoms with van der Waals surface area (Å²) in [6.45, 7) is 0. The Kier molecular flexibility index (Phi) is 3.45. The number of carbonyl (C=O) groups excluding carboxylic acids is 1. The van der Waals surface area contributed by atoms with Crippen molar-refractivity contribution in [2.24, 2.45) is 13.0 Å². The molecule has 1 aliphatic rings. The zero-order chi connectivity index (χ0) is 16.7. The van der Waals surface area contributed by atoms with Crippen molar-refractivity contribution in [3.8, 4) is 5.69 Å². The molecule has 1 saturated carbocycles. The van der Waals surface area contributed by atoms with Crippen LogP contribution in [0.2, 0.25) is 0 Å². The maximum atomic E-state index is 14.0. The van der Waals surface area contributed by atoms with Gasteiger partial charge in [-0.25, -0.2) is 4.39 Å². The molecule has 24 heavy (non-hydrogen) atoms. The summed E-state index contributed by atoms with van der Waals surface area (Å²) in [5.74, 6) is -0.185. The Morgan fingerprint density at radius 1 is 1.33 bits per heavy atom. The van der Waals surface area contributed by atoms with Gasteiger partial charge in [0.05, 0.1) is 11.9 Å². The van der Waals surface area contributed by atoms with Gasteiger partial charge >= 0.3 is 0 Å². The van der Waals surface area contributed by atoms with Gasteiger partial charge in [-0.2, -0.15) is 5.10 Å². The molecule has 0 radical (unpaired) electrons. The van der Waals surface area contributed by atoms with Crippen molar-refractivity contribution in [1.82, 2.24) is 14.3 Å². The highest BCUT2D eigenvalue weighted by Gasteiger charge is 2.44. The minimum Gasteiger partial charge on any atom is -0.326 e. The number of aromatic nitrogens is 3. The second-order valence-electron chi connectivity index (χ2n) is 6.14. The molecule has 5 nitrogen and oxygen atoms in total. The third kappa shape index (κ3) is 2.71. The minimum absolute atomic E-state index is 0.0334. The van der Waals surface area contributed by atoms with Crippen LogP contribution in [-0.2, 0) is 11.8 Å². The van der Waals surface area contributed by atoms with Gasteiger partial charge in [0.2, 0.25) is 5.91 Å². The molecule has 1 amide bonds. The van der Waals surface area contributed by atoms with E-state index in [0.29, 0.717) is 11.4 Å². The maximum Gasteiger partial charge on any atom is 0.228 e. The van der Waals surface area contributed by atoms with E-state index in [2.05, 4.69) is 10.4 Å². The number of aryl methyl sites for hydroxylation is 1. The third-order valence-electron chi connectivity index (χ3n) is 4.38. The molecular formula is C18H17FN4O. The maximum absolute atomic E-state index is 14.0. The summed E-state index contributed by atoms with van der Waals surface area (Å²) in [5.41, 5.74) is 2.10. The number of benzene rings is 1. The largest absolute Gasteiger partial charge is 0.326 e. The van der Waals surface area contributed by atoms with E-state index in [1.165, 1.54) is 6.07 Å². The van der Waals surface area contributed by atoms with E-state index in [4.69, 9.17) is 0 Å². The number of amides is 1. The first-order valence-electron chi connectivity index (χ1n) is 7.84. The number of carbonyl (C=O) groups is 1. The van der Waals surface area contributed by atoms with E-state index < -0.39 is 0 Å². The highest BCUT2D eigenvalue weighted by atomic mass is 19.1. The molecule has 0 saturated heterocycles. The summed E-state index contributed by atoms with van der Waals surface area (Å²) in [6.07, 6.45) is 8.11. The van der Waals surface area contributed by atoms with Crippen molar-refractivity contribution < 1.29 is 9.18 Å². The lowest BCUT2D eigenvalue weighted by Crippen LogP contribution is -2.15. The van der Waals surface area contributed by atoms with Crippen LogP contribution < -0.4 is 5.32 Å². The molecule has 0 bridgehead atoms. The zero-order valence-electron chi connectivity index (χ0n) is 13.2.